The van der Waals surface area contributed by atoms with Crippen LogP contribution in [0.1, 0.15) is 5.82 Å². The molecule has 0 aliphatic rings. The van der Waals surface area contributed by atoms with Gasteiger partial charge in [-0.1, -0.05) is 18.2 Å². The maximum atomic E-state index is 14.3. The van der Waals surface area contributed by atoms with Gasteiger partial charge in [0.1, 0.15) is 11.6 Å². The van der Waals surface area contributed by atoms with E-state index >= 15 is 0 Å². The van der Waals surface area contributed by atoms with Gasteiger partial charge in [-0.15, -0.1) is 0 Å². The van der Waals surface area contributed by atoms with E-state index in [1.54, 1.807) is 6.07 Å². The second-order valence-corrected chi connectivity index (χ2v) is 6.00. The Kier molecular flexibility index (Phi) is 3.88. The molecule has 27 heavy (non-hydrogen) atoms. The summed E-state index contributed by atoms with van der Waals surface area (Å²) in [6, 6.07) is 12.2. The molecule has 2 aromatic carbocycles. The third-order valence-electron chi connectivity index (χ3n) is 4.32. The molecular weight excluding hydrogens is 347 g/mol. The van der Waals surface area contributed by atoms with Gasteiger partial charge in [0.25, 0.3) is 0 Å². The predicted octanol–water partition coefficient (Wildman–Crippen LogP) is 3.10. The fourth-order valence-corrected chi connectivity index (χ4v) is 3.16. The molecule has 136 valence electrons. The first-order valence-electron chi connectivity index (χ1n) is 8.21. The number of anilines is 2. The molecule has 0 saturated carbocycles. The summed E-state index contributed by atoms with van der Waals surface area (Å²) in [6.45, 7) is 1.85. The Bertz CT molecular complexity index is 1170. The smallest absolute Gasteiger partial charge is 0.224 e. The number of halogens is 1. The van der Waals surface area contributed by atoms with E-state index in [4.69, 9.17) is 16.2 Å². The topological polar surface area (TPSA) is 105 Å². The molecule has 0 aliphatic carbocycles. The van der Waals surface area contributed by atoms with Crippen molar-refractivity contribution in [2.45, 2.75) is 6.92 Å². The highest BCUT2D eigenvalue weighted by atomic mass is 19.1. The summed E-state index contributed by atoms with van der Waals surface area (Å²) in [7, 11) is 1.41. The normalized spacial score (nSPS) is 11.1. The number of imidazole rings is 1. The van der Waals surface area contributed by atoms with Crippen molar-refractivity contribution >= 4 is 22.8 Å². The van der Waals surface area contributed by atoms with E-state index in [2.05, 4.69) is 15.0 Å². The van der Waals surface area contributed by atoms with Crippen molar-refractivity contribution in [1.29, 1.82) is 0 Å². The molecule has 7 nitrogen and oxygen atoms in total. The molecule has 0 amide bonds. The summed E-state index contributed by atoms with van der Waals surface area (Å²) >= 11 is 0. The Morgan fingerprint density at radius 1 is 1.04 bits per heavy atom. The van der Waals surface area contributed by atoms with E-state index in [1.165, 1.54) is 19.2 Å². The zero-order chi connectivity index (χ0) is 19.1. The van der Waals surface area contributed by atoms with Crippen LogP contribution in [-0.2, 0) is 0 Å². The highest BCUT2D eigenvalue weighted by Crippen LogP contribution is 2.35. The van der Waals surface area contributed by atoms with Gasteiger partial charge in [-0.2, -0.15) is 9.97 Å². The van der Waals surface area contributed by atoms with Crippen molar-refractivity contribution in [3.05, 3.63) is 54.1 Å². The number of nitrogens with two attached hydrogens (primary N) is 2. The van der Waals surface area contributed by atoms with E-state index in [0.717, 1.165) is 11.0 Å². The van der Waals surface area contributed by atoms with Gasteiger partial charge in [0.15, 0.2) is 17.4 Å². The maximum absolute atomic E-state index is 14.3. The van der Waals surface area contributed by atoms with E-state index in [0.29, 0.717) is 22.8 Å². The van der Waals surface area contributed by atoms with Gasteiger partial charge in [0.05, 0.1) is 23.7 Å². The first-order valence-corrected chi connectivity index (χ1v) is 8.21. The first-order chi connectivity index (χ1) is 13.0. The molecule has 0 bridgehead atoms. The second-order valence-electron chi connectivity index (χ2n) is 6.00. The number of rotatable bonds is 3. The minimum atomic E-state index is -0.510. The number of para-hydroxylation sites is 2. The number of nitrogen functional groups attached to an aromatic ring is 2. The van der Waals surface area contributed by atoms with Gasteiger partial charge in [0, 0.05) is 0 Å². The molecule has 0 atom stereocenters. The number of benzene rings is 2. The summed E-state index contributed by atoms with van der Waals surface area (Å²) in [4.78, 5) is 13.0. The van der Waals surface area contributed by atoms with Crippen molar-refractivity contribution < 1.29 is 9.13 Å². The van der Waals surface area contributed by atoms with Crippen LogP contribution in [-0.4, -0.2) is 26.6 Å². The van der Waals surface area contributed by atoms with E-state index in [9.17, 15) is 4.39 Å². The zero-order valence-electron chi connectivity index (χ0n) is 14.8. The fraction of sp³-hybridized carbons (Fsp3) is 0.105. The van der Waals surface area contributed by atoms with Crippen molar-refractivity contribution in [2.75, 3.05) is 18.6 Å². The third kappa shape index (κ3) is 2.71. The minimum absolute atomic E-state index is 0.0254. The molecule has 0 unspecified atom stereocenters. The van der Waals surface area contributed by atoms with Crippen LogP contribution in [0, 0.1) is 12.7 Å². The molecule has 0 saturated heterocycles. The third-order valence-corrected chi connectivity index (χ3v) is 4.32. The average Bonchev–Trinajstić information content (AvgIpc) is 2.96. The summed E-state index contributed by atoms with van der Waals surface area (Å²) < 4.78 is 21.1. The molecule has 2 heterocycles. The Morgan fingerprint density at radius 3 is 2.56 bits per heavy atom. The lowest BCUT2D eigenvalue weighted by Crippen LogP contribution is -2.10. The quantitative estimate of drug-likeness (QED) is 0.579. The molecule has 8 heteroatoms. The molecule has 0 fully saturated rings. The molecule has 4 aromatic rings. The van der Waals surface area contributed by atoms with Crippen LogP contribution in [0.5, 0.6) is 5.75 Å². The van der Waals surface area contributed by atoms with Gasteiger partial charge in [-0.05, 0) is 36.8 Å². The van der Waals surface area contributed by atoms with Gasteiger partial charge < -0.3 is 16.2 Å². The van der Waals surface area contributed by atoms with Gasteiger partial charge in [-0.3, -0.25) is 4.57 Å². The first kappa shape index (κ1) is 16.8. The van der Waals surface area contributed by atoms with E-state index < -0.39 is 5.82 Å². The highest BCUT2D eigenvalue weighted by Gasteiger charge is 2.20. The van der Waals surface area contributed by atoms with E-state index in [1.807, 2.05) is 35.8 Å². The fourth-order valence-electron chi connectivity index (χ4n) is 3.16. The number of hydrogen-bond donors (Lipinski definition) is 2. The van der Waals surface area contributed by atoms with Gasteiger partial charge in [-0.25, -0.2) is 9.37 Å². The molecular formula is C19H17FN6O. The molecule has 4 N–H and O–H groups in total. The number of aryl methyl sites for hydroxylation is 1. The summed E-state index contributed by atoms with van der Waals surface area (Å²) in [6.07, 6.45) is 0. The van der Waals surface area contributed by atoms with Crippen LogP contribution in [0.25, 0.3) is 28.0 Å². The maximum Gasteiger partial charge on any atom is 0.224 e. The zero-order valence-corrected chi connectivity index (χ0v) is 14.8. The van der Waals surface area contributed by atoms with Crippen LogP contribution >= 0.6 is 0 Å². The Hall–Kier alpha value is -3.68. The lowest BCUT2D eigenvalue weighted by atomic mass is 10.1. The second kappa shape index (κ2) is 6.24. The SMILES string of the molecule is COc1ccc(-c2c(N)nc(N)nc2-n2c(C)nc3ccccc32)cc1F. The minimum Gasteiger partial charge on any atom is -0.494 e. The molecule has 4 rings (SSSR count). The van der Waals surface area contributed by atoms with Crippen LogP contribution in [0.3, 0.4) is 0 Å². The number of aromatic nitrogens is 4. The lowest BCUT2D eigenvalue weighted by Gasteiger charge is -2.15. The monoisotopic (exact) mass is 364 g/mol. The van der Waals surface area contributed by atoms with Crippen molar-refractivity contribution in [1.82, 2.24) is 19.5 Å². The molecule has 2 aromatic heterocycles. The molecule has 0 aliphatic heterocycles. The Morgan fingerprint density at radius 2 is 1.81 bits per heavy atom. The number of ether oxygens (including phenoxy) is 1. The van der Waals surface area contributed by atoms with Crippen molar-refractivity contribution in [3.63, 3.8) is 0 Å². The van der Waals surface area contributed by atoms with Crippen LogP contribution in [0.15, 0.2) is 42.5 Å². The van der Waals surface area contributed by atoms with Crippen LogP contribution in [0.2, 0.25) is 0 Å². The largest absolute Gasteiger partial charge is 0.494 e. The van der Waals surface area contributed by atoms with Crippen molar-refractivity contribution in [3.8, 4) is 22.7 Å². The number of fused-ring (bicyclic) bond motifs is 1. The van der Waals surface area contributed by atoms with Gasteiger partial charge in [0.2, 0.25) is 5.95 Å². The average molecular weight is 364 g/mol. The molecule has 0 radical (unpaired) electrons. The Balaban J connectivity index is 2.04. The number of methoxy groups -OCH3 is 1. The summed E-state index contributed by atoms with van der Waals surface area (Å²) in [5, 5.41) is 0. The molecule has 0 spiro atoms. The number of hydrogen-bond acceptors (Lipinski definition) is 6. The van der Waals surface area contributed by atoms with Gasteiger partial charge >= 0.3 is 0 Å². The lowest BCUT2D eigenvalue weighted by molar-refractivity contribution is 0.386. The Labute approximate surface area is 154 Å². The predicted molar refractivity (Wildman–Crippen MR) is 102 cm³/mol. The standard InChI is InChI=1S/C19H17FN6O/c1-10-23-13-5-3-4-6-14(13)26(10)18-16(17(21)24-19(22)25-18)11-7-8-15(27-2)12(20)9-11/h3-9H,1-2H3,(H4,21,22,24,25). The highest BCUT2D eigenvalue weighted by molar-refractivity contribution is 5.85. The summed E-state index contributed by atoms with van der Waals surface area (Å²) in [5.41, 5.74) is 14.6. The van der Waals surface area contributed by atoms with Crippen molar-refractivity contribution in [2.24, 2.45) is 0 Å². The van der Waals surface area contributed by atoms with Crippen LogP contribution in [0.4, 0.5) is 16.2 Å². The van der Waals surface area contributed by atoms with Crippen LogP contribution < -0.4 is 16.2 Å². The number of nitrogens with zero attached hydrogens (tertiary/aromatic N) is 4. The summed E-state index contributed by atoms with van der Waals surface area (Å²) in [5.74, 6) is 0.945. The van der Waals surface area contributed by atoms with E-state index in [-0.39, 0.29) is 17.5 Å².